The van der Waals surface area contributed by atoms with Gasteiger partial charge in [-0.3, -0.25) is 0 Å². The number of hydrogen-bond acceptors (Lipinski definition) is 5. The molecule has 0 unspecified atom stereocenters. The van der Waals surface area contributed by atoms with E-state index in [1.165, 1.54) is 16.7 Å². The third-order valence-corrected chi connectivity index (χ3v) is 2.93. The van der Waals surface area contributed by atoms with Crippen molar-refractivity contribution in [3.05, 3.63) is 29.3 Å². The summed E-state index contributed by atoms with van der Waals surface area (Å²) < 4.78 is 0. The molecule has 0 aliphatic rings. The van der Waals surface area contributed by atoms with Crippen molar-refractivity contribution in [1.29, 1.82) is 0 Å². The molecule has 6 nitrogen and oxygen atoms in total. The van der Waals surface area contributed by atoms with Gasteiger partial charge in [-0.1, -0.05) is 0 Å². The van der Waals surface area contributed by atoms with E-state index in [1.54, 1.807) is 12.4 Å². The Morgan fingerprint density at radius 2 is 2.50 bits per heavy atom. The third kappa shape index (κ3) is 2.19. The van der Waals surface area contributed by atoms with Gasteiger partial charge in [0.05, 0.1) is 6.54 Å². The van der Waals surface area contributed by atoms with E-state index in [4.69, 9.17) is 5.11 Å². The van der Waals surface area contributed by atoms with Crippen LogP contribution in [0, 0.1) is 0 Å². The number of carbonyl (C=O) groups is 1. The first-order chi connectivity index (χ1) is 7.66. The Bertz CT molecular complexity index is 479. The summed E-state index contributed by atoms with van der Waals surface area (Å²) >= 11 is 1.30. The van der Waals surface area contributed by atoms with Gasteiger partial charge in [-0.15, -0.1) is 11.3 Å². The summed E-state index contributed by atoms with van der Waals surface area (Å²) in [4.78, 5) is 23.6. The van der Waals surface area contributed by atoms with Gasteiger partial charge in [-0.25, -0.2) is 14.8 Å². The lowest BCUT2D eigenvalue weighted by molar-refractivity contribution is 0.0691. The number of nitrogens with zero attached hydrogens (tertiary/aromatic N) is 3. The Morgan fingerprint density at radius 3 is 3.06 bits per heavy atom. The number of aromatic carboxylic acids is 1. The van der Waals surface area contributed by atoms with Crippen molar-refractivity contribution in [3.63, 3.8) is 0 Å². The molecule has 0 bridgehead atoms. The van der Waals surface area contributed by atoms with Crippen LogP contribution in [0.4, 0.5) is 5.13 Å². The molecule has 16 heavy (non-hydrogen) atoms. The van der Waals surface area contributed by atoms with E-state index < -0.39 is 5.97 Å². The van der Waals surface area contributed by atoms with E-state index in [-0.39, 0.29) is 5.69 Å². The lowest BCUT2D eigenvalue weighted by atomic mass is 10.5. The average Bonchev–Trinajstić information content (AvgIpc) is 2.86. The Morgan fingerprint density at radius 1 is 1.69 bits per heavy atom. The van der Waals surface area contributed by atoms with Crippen molar-refractivity contribution in [3.8, 4) is 0 Å². The first-order valence-corrected chi connectivity index (χ1v) is 5.43. The molecule has 0 radical (unpaired) electrons. The van der Waals surface area contributed by atoms with Crippen molar-refractivity contribution in [1.82, 2.24) is 15.0 Å². The van der Waals surface area contributed by atoms with Gasteiger partial charge in [0.25, 0.3) is 0 Å². The van der Waals surface area contributed by atoms with Crippen molar-refractivity contribution < 1.29 is 9.90 Å². The van der Waals surface area contributed by atoms with Crippen LogP contribution in [0.5, 0.6) is 0 Å². The van der Waals surface area contributed by atoms with E-state index in [9.17, 15) is 4.79 Å². The predicted molar refractivity (Wildman–Crippen MR) is 59.8 cm³/mol. The van der Waals surface area contributed by atoms with Gasteiger partial charge in [0.15, 0.2) is 10.8 Å². The Balaban J connectivity index is 2.08. The summed E-state index contributed by atoms with van der Waals surface area (Å²) in [5.74, 6) is -0.191. The maximum Gasteiger partial charge on any atom is 0.355 e. The molecule has 2 aromatic heterocycles. The fourth-order valence-corrected chi connectivity index (χ4v) is 1.98. The van der Waals surface area contributed by atoms with Crippen LogP contribution in [-0.2, 0) is 6.54 Å². The molecule has 0 aliphatic heterocycles. The minimum absolute atomic E-state index is 0.0753. The van der Waals surface area contributed by atoms with Gasteiger partial charge >= 0.3 is 5.97 Å². The van der Waals surface area contributed by atoms with Gasteiger partial charge in [0.1, 0.15) is 5.82 Å². The summed E-state index contributed by atoms with van der Waals surface area (Å²) in [6.45, 7) is 0.569. The number of anilines is 1. The SMILES string of the molecule is CN(Cc1ncc[nH]1)c1nc(C(=O)O)cs1. The van der Waals surface area contributed by atoms with E-state index in [1.807, 2.05) is 11.9 Å². The summed E-state index contributed by atoms with van der Waals surface area (Å²) in [5, 5.41) is 10.9. The zero-order valence-corrected chi connectivity index (χ0v) is 9.36. The average molecular weight is 238 g/mol. The number of aromatic amines is 1. The summed E-state index contributed by atoms with van der Waals surface area (Å²) in [5.41, 5.74) is 0.0753. The van der Waals surface area contributed by atoms with Gasteiger partial charge in [0.2, 0.25) is 0 Å². The predicted octanol–water partition coefficient (Wildman–Crippen LogP) is 1.20. The Kier molecular flexibility index (Phi) is 2.86. The highest BCUT2D eigenvalue weighted by atomic mass is 32.1. The van der Waals surface area contributed by atoms with Gasteiger partial charge in [-0.2, -0.15) is 0 Å². The molecule has 0 saturated carbocycles. The molecule has 0 fully saturated rings. The smallest absolute Gasteiger partial charge is 0.355 e. The second-order valence-corrected chi connectivity index (χ2v) is 4.05. The van der Waals surface area contributed by atoms with Crippen LogP contribution in [0.2, 0.25) is 0 Å². The van der Waals surface area contributed by atoms with Crippen LogP contribution in [0.1, 0.15) is 16.3 Å². The largest absolute Gasteiger partial charge is 0.476 e. The molecule has 0 aliphatic carbocycles. The van der Waals surface area contributed by atoms with Crippen LogP contribution < -0.4 is 4.90 Å². The molecule has 2 heterocycles. The van der Waals surface area contributed by atoms with E-state index in [0.29, 0.717) is 11.7 Å². The fraction of sp³-hybridized carbons (Fsp3) is 0.222. The Hall–Kier alpha value is -1.89. The lowest BCUT2D eigenvalue weighted by Gasteiger charge is -2.13. The van der Waals surface area contributed by atoms with E-state index in [0.717, 1.165) is 5.82 Å². The van der Waals surface area contributed by atoms with Crippen molar-refractivity contribution >= 4 is 22.4 Å². The number of H-pyrrole nitrogens is 1. The van der Waals surface area contributed by atoms with E-state index >= 15 is 0 Å². The zero-order chi connectivity index (χ0) is 11.5. The molecule has 0 spiro atoms. The van der Waals surface area contributed by atoms with E-state index in [2.05, 4.69) is 15.0 Å². The lowest BCUT2D eigenvalue weighted by Crippen LogP contribution is -2.17. The zero-order valence-electron chi connectivity index (χ0n) is 8.54. The van der Waals surface area contributed by atoms with Crippen LogP contribution in [0.15, 0.2) is 17.8 Å². The second kappa shape index (κ2) is 4.31. The van der Waals surface area contributed by atoms with Gasteiger partial charge in [-0.05, 0) is 0 Å². The first-order valence-electron chi connectivity index (χ1n) is 4.55. The van der Waals surface area contributed by atoms with Gasteiger partial charge in [0, 0.05) is 24.8 Å². The van der Waals surface area contributed by atoms with Crippen LogP contribution in [0.3, 0.4) is 0 Å². The quantitative estimate of drug-likeness (QED) is 0.836. The molecule has 7 heteroatoms. The Labute approximate surface area is 95.6 Å². The molecule has 2 aromatic rings. The fourth-order valence-electron chi connectivity index (χ4n) is 1.21. The van der Waals surface area contributed by atoms with Gasteiger partial charge < -0.3 is 15.0 Å². The molecule has 0 saturated heterocycles. The summed E-state index contributed by atoms with van der Waals surface area (Å²) in [6.07, 6.45) is 3.42. The number of nitrogens with one attached hydrogen (secondary N) is 1. The number of rotatable bonds is 4. The van der Waals surface area contributed by atoms with Crippen LogP contribution in [0.25, 0.3) is 0 Å². The molecular formula is C9H10N4O2S. The number of carboxylic acid groups (broad SMARTS) is 1. The summed E-state index contributed by atoms with van der Waals surface area (Å²) in [7, 11) is 1.84. The minimum atomic E-state index is -1.01. The maximum atomic E-state index is 10.7. The monoisotopic (exact) mass is 238 g/mol. The van der Waals surface area contributed by atoms with Crippen molar-refractivity contribution in [2.75, 3.05) is 11.9 Å². The number of imidazole rings is 1. The normalized spacial score (nSPS) is 10.3. The van der Waals surface area contributed by atoms with Crippen LogP contribution >= 0.6 is 11.3 Å². The maximum absolute atomic E-state index is 10.7. The molecular weight excluding hydrogens is 228 g/mol. The second-order valence-electron chi connectivity index (χ2n) is 3.21. The highest BCUT2D eigenvalue weighted by Crippen LogP contribution is 2.20. The highest BCUT2D eigenvalue weighted by molar-refractivity contribution is 7.13. The van der Waals surface area contributed by atoms with Crippen molar-refractivity contribution in [2.45, 2.75) is 6.54 Å². The topological polar surface area (TPSA) is 82.1 Å². The highest BCUT2D eigenvalue weighted by Gasteiger charge is 2.12. The molecule has 84 valence electrons. The molecule has 2 N–H and O–H groups in total. The molecule has 0 atom stereocenters. The number of aromatic nitrogens is 3. The van der Waals surface area contributed by atoms with Crippen molar-refractivity contribution in [2.24, 2.45) is 0 Å². The minimum Gasteiger partial charge on any atom is -0.476 e. The molecule has 0 amide bonds. The molecule has 2 rings (SSSR count). The first kappa shape index (κ1) is 10.6. The third-order valence-electron chi connectivity index (χ3n) is 1.98. The number of thiazole rings is 1. The number of hydrogen-bond donors (Lipinski definition) is 2. The summed E-state index contributed by atoms with van der Waals surface area (Å²) in [6, 6.07) is 0. The number of carboxylic acids is 1. The standard InChI is InChI=1S/C9H10N4O2S/c1-13(4-7-10-2-3-11-7)9-12-6(5-16-9)8(14)15/h2-3,5H,4H2,1H3,(H,10,11)(H,14,15). The molecule has 0 aromatic carbocycles. The van der Waals surface area contributed by atoms with Crippen LogP contribution in [-0.4, -0.2) is 33.1 Å².